The van der Waals surface area contributed by atoms with Gasteiger partial charge >= 0.3 is 87.4 Å². The van der Waals surface area contributed by atoms with Gasteiger partial charge in [-0.3, -0.25) is 9.59 Å². The van der Waals surface area contributed by atoms with Gasteiger partial charge in [0.1, 0.15) is 6.04 Å². The summed E-state index contributed by atoms with van der Waals surface area (Å²) >= 11 is 0. The zero-order valence-electron chi connectivity index (χ0n) is 4.57. The molecule has 0 aromatic rings. The Morgan fingerprint density at radius 1 is 1.27 bits per heavy atom. The predicted molar refractivity (Wildman–Crippen MR) is 45.0 cm³/mol. The molecule has 0 aliphatic heterocycles. The number of aliphatic carboxylic acids is 2. The van der Waals surface area contributed by atoms with Crippen molar-refractivity contribution < 1.29 is 19.8 Å². The Morgan fingerprint density at radius 3 is 1.73 bits per heavy atom. The minimum atomic E-state index is -1.29. The fourth-order valence-corrected chi connectivity index (χ4v) is 0.275. The Balaban J connectivity index is -0.000000320. The molecule has 4 N–H and O–H groups in total. The summed E-state index contributed by atoms with van der Waals surface area (Å²) in [5.74, 6) is -2.50. The second-order valence-electron chi connectivity index (χ2n) is 1.54. The van der Waals surface area contributed by atoms with Crippen LogP contribution in [0.2, 0.25) is 0 Å². The Bertz CT molecular complexity index is 140. The average molecular weight is 217 g/mol. The van der Waals surface area contributed by atoms with Crippen LogP contribution in [0.3, 0.4) is 0 Å². The zero-order chi connectivity index (χ0) is 7.44. The Hall–Kier alpha value is 1.42. The number of hydrogen-bond acceptors (Lipinski definition) is 3. The molecule has 0 bridgehead atoms. The summed E-state index contributed by atoms with van der Waals surface area (Å²) in [4.78, 5) is 19.6. The number of rotatable bonds is 3. The molecule has 0 heterocycles. The molecule has 0 saturated carbocycles. The monoisotopic (exact) mass is 217 g/mol. The summed E-state index contributed by atoms with van der Waals surface area (Å²) in [5, 5.41) is 16.0. The third kappa shape index (κ3) is 11.4. The Labute approximate surface area is 123 Å². The first-order chi connectivity index (χ1) is 4.04. The van der Waals surface area contributed by atoms with Gasteiger partial charge in [0.15, 0.2) is 0 Å². The van der Waals surface area contributed by atoms with Crippen LogP contribution in [-0.2, 0) is 9.59 Å². The molecule has 5 nitrogen and oxygen atoms in total. The maximum absolute atomic E-state index is 9.85. The van der Waals surface area contributed by atoms with E-state index in [0.29, 0.717) is 0 Å². The van der Waals surface area contributed by atoms with Gasteiger partial charge in [-0.25, -0.2) is 0 Å². The van der Waals surface area contributed by atoms with E-state index in [1.54, 1.807) is 0 Å². The normalized spacial score (nSPS) is 10.3. The second kappa shape index (κ2) is 9.51. The van der Waals surface area contributed by atoms with E-state index in [1.807, 2.05) is 0 Å². The minimum absolute atomic E-state index is 0. The molecule has 0 aliphatic rings. The van der Waals surface area contributed by atoms with E-state index in [-0.39, 0.29) is 75.5 Å². The van der Waals surface area contributed by atoms with Gasteiger partial charge in [0.25, 0.3) is 0 Å². The quantitative estimate of drug-likeness (QED) is 0.439. The summed E-state index contributed by atoms with van der Waals surface area (Å²) in [6.45, 7) is 0. The third-order valence-electron chi connectivity index (χ3n) is 0.712. The van der Waals surface area contributed by atoms with Crippen LogP contribution in [0.4, 0.5) is 0 Å². The Kier molecular flexibility index (Phi) is 15.8. The van der Waals surface area contributed by atoms with Crippen molar-refractivity contribution in [1.29, 1.82) is 0 Å². The molecular formula is C4H11Ca2NO4. The molecule has 0 amide bonds. The third-order valence-corrected chi connectivity index (χ3v) is 0.712. The van der Waals surface area contributed by atoms with Crippen molar-refractivity contribution in [2.45, 2.75) is 12.5 Å². The predicted octanol–water partition coefficient (Wildman–Crippen LogP) is -2.96. The molecule has 1 atom stereocenters. The number of carbonyl (C=O) groups is 2. The first kappa shape index (κ1) is 18.3. The van der Waals surface area contributed by atoms with Gasteiger partial charge in [-0.1, -0.05) is 0 Å². The van der Waals surface area contributed by atoms with E-state index in [0.717, 1.165) is 0 Å². The molecule has 11 heavy (non-hydrogen) atoms. The molecule has 0 unspecified atom stereocenters. The maximum atomic E-state index is 9.85. The molecule has 0 aromatic carbocycles. The van der Waals surface area contributed by atoms with Crippen molar-refractivity contribution in [1.82, 2.24) is 0 Å². The number of carboxylic acids is 2. The van der Waals surface area contributed by atoms with Crippen molar-refractivity contribution >= 4 is 87.4 Å². The second-order valence-corrected chi connectivity index (χ2v) is 1.54. The van der Waals surface area contributed by atoms with Gasteiger partial charge in [0, 0.05) is 0 Å². The van der Waals surface area contributed by atoms with Crippen LogP contribution in [0.25, 0.3) is 0 Å². The molecule has 0 aromatic heterocycles. The van der Waals surface area contributed by atoms with Crippen LogP contribution in [0.15, 0.2) is 0 Å². The van der Waals surface area contributed by atoms with Gasteiger partial charge in [0.2, 0.25) is 0 Å². The average Bonchev–Trinajstić information content (AvgIpc) is 1.63. The van der Waals surface area contributed by atoms with E-state index in [1.165, 1.54) is 0 Å². The molecule has 0 fully saturated rings. The van der Waals surface area contributed by atoms with Crippen molar-refractivity contribution in [3.05, 3.63) is 0 Å². The molecular weight excluding hydrogens is 206 g/mol. The summed E-state index contributed by atoms with van der Waals surface area (Å²) < 4.78 is 0. The first-order valence-electron chi connectivity index (χ1n) is 2.24. The Morgan fingerprint density at radius 2 is 1.64 bits per heavy atom. The standard InChI is InChI=1S/C4H7NO4.2Ca.4H/c5-2(4(8)9)1-3(6)7;;;;;;/h2H,1,5H2,(H,6,7)(H,8,9);;;;;;/t2-;;;;;;/m0....../s1. The van der Waals surface area contributed by atoms with Gasteiger partial charge in [-0.2, -0.15) is 0 Å². The fourth-order valence-electron chi connectivity index (χ4n) is 0.275. The first-order valence-corrected chi connectivity index (χ1v) is 2.24. The van der Waals surface area contributed by atoms with E-state index in [9.17, 15) is 9.59 Å². The van der Waals surface area contributed by atoms with Crippen molar-refractivity contribution in [2.75, 3.05) is 0 Å². The van der Waals surface area contributed by atoms with Crippen molar-refractivity contribution in [3.63, 3.8) is 0 Å². The van der Waals surface area contributed by atoms with Crippen LogP contribution in [0.1, 0.15) is 6.42 Å². The molecule has 0 aliphatic carbocycles. The van der Waals surface area contributed by atoms with Crippen LogP contribution in [0, 0.1) is 0 Å². The van der Waals surface area contributed by atoms with Crippen LogP contribution >= 0.6 is 0 Å². The van der Waals surface area contributed by atoms with Gasteiger partial charge in [0.05, 0.1) is 6.42 Å². The van der Waals surface area contributed by atoms with Gasteiger partial charge in [-0.05, 0) is 0 Å². The summed E-state index contributed by atoms with van der Waals surface area (Å²) in [7, 11) is 0. The van der Waals surface area contributed by atoms with Crippen LogP contribution < -0.4 is 5.73 Å². The van der Waals surface area contributed by atoms with E-state index < -0.39 is 24.4 Å². The van der Waals surface area contributed by atoms with E-state index in [2.05, 4.69) is 0 Å². The van der Waals surface area contributed by atoms with Gasteiger partial charge < -0.3 is 15.9 Å². The van der Waals surface area contributed by atoms with Gasteiger partial charge in [-0.15, -0.1) is 0 Å². The number of hydrogen-bond donors (Lipinski definition) is 3. The zero-order valence-corrected chi connectivity index (χ0v) is 4.57. The summed E-state index contributed by atoms with van der Waals surface area (Å²) in [6, 6.07) is -1.29. The number of nitrogens with two attached hydrogens (primary N) is 1. The van der Waals surface area contributed by atoms with Crippen LogP contribution in [-0.4, -0.2) is 104 Å². The summed E-state index contributed by atoms with van der Waals surface area (Å²) in [6.07, 6.45) is -0.532. The fraction of sp³-hybridized carbons (Fsp3) is 0.500. The summed E-state index contributed by atoms with van der Waals surface area (Å²) in [5.41, 5.74) is 4.84. The molecule has 0 spiro atoms. The molecule has 0 radical (unpaired) electrons. The number of carboxylic acid groups (broad SMARTS) is 2. The molecule has 60 valence electrons. The van der Waals surface area contributed by atoms with Crippen molar-refractivity contribution in [3.8, 4) is 0 Å². The molecule has 7 heteroatoms. The van der Waals surface area contributed by atoms with E-state index in [4.69, 9.17) is 15.9 Å². The van der Waals surface area contributed by atoms with Crippen LogP contribution in [0.5, 0.6) is 0 Å². The molecule has 0 rings (SSSR count). The topological polar surface area (TPSA) is 101 Å². The van der Waals surface area contributed by atoms with E-state index >= 15 is 0 Å². The SMILES string of the molecule is N[C@@H](CC(=O)O)C(=O)O.[CaH2].[CaH2]. The molecule has 0 saturated heterocycles. The van der Waals surface area contributed by atoms with Crippen molar-refractivity contribution in [2.24, 2.45) is 5.73 Å².